The topological polar surface area (TPSA) is 50.7 Å². The average Bonchev–Trinajstić information content (AvgIpc) is 2.48. The first kappa shape index (κ1) is 17.4. The van der Waals surface area contributed by atoms with Gasteiger partial charge in [0.1, 0.15) is 5.82 Å². The van der Waals surface area contributed by atoms with Gasteiger partial charge in [-0.15, -0.1) is 0 Å². The summed E-state index contributed by atoms with van der Waals surface area (Å²) in [4.78, 5) is 8.72. The summed E-state index contributed by atoms with van der Waals surface area (Å²) in [5.74, 6) is 0.418. The van der Waals surface area contributed by atoms with Gasteiger partial charge in [-0.2, -0.15) is 0 Å². The summed E-state index contributed by atoms with van der Waals surface area (Å²) in [6.07, 6.45) is 5.72. The monoisotopic (exact) mass is 293 g/mol. The Bertz CT molecular complexity index is 661. The van der Waals surface area contributed by atoms with Crippen LogP contribution in [0.4, 0.5) is 5.69 Å². The number of para-hydroxylation sites is 1. The van der Waals surface area contributed by atoms with E-state index >= 15 is 0 Å². The van der Waals surface area contributed by atoms with E-state index in [1.807, 2.05) is 38.1 Å². The number of nitrogens with zero attached hydrogens (tertiary/aromatic N) is 2. The molecule has 0 radical (unpaired) electrons. The van der Waals surface area contributed by atoms with Crippen LogP contribution in [0, 0.1) is 0 Å². The van der Waals surface area contributed by atoms with Crippen molar-refractivity contribution in [3.63, 3.8) is 0 Å². The lowest BCUT2D eigenvalue weighted by molar-refractivity contribution is 1.17. The first-order valence-electron chi connectivity index (χ1n) is 7.08. The van der Waals surface area contributed by atoms with Gasteiger partial charge >= 0.3 is 0 Å². The zero-order valence-electron chi connectivity index (χ0n) is 13.3. The van der Waals surface area contributed by atoms with E-state index in [1.54, 1.807) is 18.4 Å². The second-order valence-corrected chi connectivity index (χ2v) is 4.78. The molecule has 0 fully saturated rings. The van der Waals surface area contributed by atoms with Gasteiger partial charge in [0, 0.05) is 23.9 Å². The van der Waals surface area contributed by atoms with Gasteiger partial charge in [0.25, 0.3) is 0 Å². The number of allylic oxidation sites excluding steroid dienone is 3. The van der Waals surface area contributed by atoms with E-state index in [0.717, 1.165) is 28.1 Å². The van der Waals surface area contributed by atoms with Crippen molar-refractivity contribution in [1.82, 2.24) is 0 Å². The largest absolute Gasteiger partial charge is 0.383 e. The lowest BCUT2D eigenvalue weighted by atomic mass is 10.0. The van der Waals surface area contributed by atoms with Crippen molar-refractivity contribution in [3.8, 4) is 0 Å². The maximum atomic E-state index is 5.91. The fourth-order valence-corrected chi connectivity index (χ4v) is 2.05. The highest BCUT2D eigenvalue weighted by atomic mass is 14.9. The summed E-state index contributed by atoms with van der Waals surface area (Å²) in [6.45, 7) is 15.4. The molecule has 0 bridgehead atoms. The minimum atomic E-state index is 0.418. The highest BCUT2D eigenvalue weighted by Crippen LogP contribution is 2.22. The molecule has 1 aromatic carbocycles. The zero-order chi connectivity index (χ0) is 16.5. The van der Waals surface area contributed by atoms with Crippen LogP contribution in [0.15, 0.2) is 77.0 Å². The highest BCUT2D eigenvalue weighted by Gasteiger charge is 2.06. The van der Waals surface area contributed by atoms with Crippen LogP contribution in [0.1, 0.15) is 25.8 Å². The second kappa shape index (κ2) is 8.57. The molecular formula is C19H23N3. The Morgan fingerprint density at radius 1 is 1.27 bits per heavy atom. The van der Waals surface area contributed by atoms with Crippen molar-refractivity contribution < 1.29 is 0 Å². The van der Waals surface area contributed by atoms with Gasteiger partial charge in [-0.3, -0.25) is 4.99 Å². The molecule has 0 saturated heterocycles. The number of benzene rings is 1. The minimum absolute atomic E-state index is 0.418. The van der Waals surface area contributed by atoms with E-state index in [1.165, 1.54) is 0 Å². The molecule has 0 unspecified atom stereocenters. The molecule has 0 saturated carbocycles. The predicted molar refractivity (Wildman–Crippen MR) is 98.6 cm³/mol. The van der Waals surface area contributed by atoms with Crippen molar-refractivity contribution in [3.05, 3.63) is 72.6 Å². The normalized spacial score (nSPS) is 12.9. The number of rotatable bonds is 7. The molecule has 1 aromatic rings. The summed E-state index contributed by atoms with van der Waals surface area (Å²) in [5, 5.41) is 0. The average molecular weight is 293 g/mol. The maximum absolute atomic E-state index is 5.91. The van der Waals surface area contributed by atoms with Crippen LogP contribution in [0.2, 0.25) is 0 Å². The Hall–Kier alpha value is -2.68. The summed E-state index contributed by atoms with van der Waals surface area (Å²) >= 11 is 0. The van der Waals surface area contributed by atoms with Crippen molar-refractivity contribution in [2.45, 2.75) is 20.3 Å². The molecule has 0 aromatic heterocycles. The second-order valence-electron chi connectivity index (χ2n) is 4.78. The third-order valence-corrected chi connectivity index (χ3v) is 3.07. The Morgan fingerprint density at radius 3 is 2.55 bits per heavy atom. The Labute approximate surface area is 133 Å². The first-order chi connectivity index (χ1) is 10.5. The van der Waals surface area contributed by atoms with E-state index in [0.29, 0.717) is 12.2 Å². The van der Waals surface area contributed by atoms with Crippen LogP contribution in [0.25, 0.3) is 6.08 Å². The summed E-state index contributed by atoms with van der Waals surface area (Å²) in [7, 11) is 0. The molecular weight excluding hydrogens is 270 g/mol. The molecule has 0 aliphatic heterocycles. The number of aliphatic imine (C=N–C) groups is 2. The number of hydrogen-bond donors (Lipinski definition) is 1. The lowest BCUT2D eigenvalue weighted by Crippen LogP contribution is -2.03. The van der Waals surface area contributed by atoms with Gasteiger partial charge in [0.05, 0.1) is 5.69 Å². The van der Waals surface area contributed by atoms with Gasteiger partial charge in [-0.25, -0.2) is 4.99 Å². The standard InChI is InChI=1S/C19H23N3/c1-6-16-11-9-10-12-18(16)22-15(5)13-14(4)17(7-2)19(20)21-8-3/h6-12H,1-2,4,13,20H2,3,5H3/b19-17-,21-8-,22-15?. The van der Waals surface area contributed by atoms with E-state index in [9.17, 15) is 0 Å². The molecule has 3 nitrogen and oxygen atoms in total. The third kappa shape index (κ3) is 4.70. The highest BCUT2D eigenvalue weighted by molar-refractivity contribution is 5.88. The van der Waals surface area contributed by atoms with E-state index < -0.39 is 0 Å². The Morgan fingerprint density at radius 2 is 1.95 bits per heavy atom. The quantitative estimate of drug-likeness (QED) is 0.569. The maximum Gasteiger partial charge on any atom is 0.130 e. The molecule has 2 N–H and O–H groups in total. The molecule has 0 aliphatic carbocycles. The molecule has 0 spiro atoms. The van der Waals surface area contributed by atoms with Gasteiger partial charge in [0.15, 0.2) is 0 Å². The van der Waals surface area contributed by atoms with Crippen molar-refractivity contribution >= 4 is 23.7 Å². The summed E-state index contributed by atoms with van der Waals surface area (Å²) < 4.78 is 0. The van der Waals surface area contributed by atoms with Gasteiger partial charge < -0.3 is 5.73 Å². The molecule has 0 heterocycles. The van der Waals surface area contributed by atoms with E-state index in [-0.39, 0.29) is 0 Å². The first-order valence-corrected chi connectivity index (χ1v) is 7.08. The minimum Gasteiger partial charge on any atom is -0.383 e. The Balaban J connectivity index is 3.01. The van der Waals surface area contributed by atoms with Gasteiger partial charge in [-0.1, -0.05) is 50.1 Å². The SMILES string of the molecule is C=C/C(C(=C)CC(C)=Nc1ccccc1C=C)=C(N)/N=C\C. The molecule has 1 rings (SSSR count). The van der Waals surface area contributed by atoms with Crippen LogP contribution in [0.3, 0.4) is 0 Å². The van der Waals surface area contributed by atoms with Crippen LogP contribution in [0.5, 0.6) is 0 Å². The van der Waals surface area contributed by atoms with Crippen LogP contribution >= 0.6 is 0 Å². The zero-order valence-corrected chi connectivity index (χ0v) is 13.3. The fraction of sp³-hybridized carbons (Fsp3) is 0.158. The Kier molecular flexibility index (Phi) is 6.77. The molecule has 22 heavy (non-hydrogen) atoms. The third-order valence-electron chi connectivity index (χ3n) is 3.07. The van der Waals surface area contributed by atoms with Gasteiger partial charge in [-0.05, 0) is 31.1 Å². The van der Waals surface area contributed by atoms with Crippen LogP contribution < -0.4 is 5.73 Å². The molecule has 114 valence electrons. The smallest absolute Gasteiger partial charge is 0.130 e. The molecule has 0 amide bonds. The number of hydrogen-bond acceptors (Lipinski definition) is 3. The van der Waals surface area contributed by atoms with Crippen molar-refractivity contribution in [2.75, 3.05) is 0 Å². The summed E-state index contributed by atoms with van der Waals surface area (Å²) in [5.41, 5.74) is 10.3. The lowest BCUT2D eigenvalue weighted by Gasteiger charge is -2.09. The number of nitrogens with two attached hydrogens (primary N) is 1. The van der Waals surface area contributed by atoms with Crippen LogP contribution in [-0.4, -0.2) is 11.9 Å². The predicted octanol–water partition coefficient (Wildman–Crippen LogP) is 4.82. The molecule has 0 atom stereocenters. The van der Waals surface area contributed by atoms with Crippen LogP contribution in [-0.2, 0) is 0 Å². The van der Waals surface area contributed by atoms with Gasteiger partial charge in [0.2, 0.25) is 0 Å². The summed E-state index contributed by atoms with van der Waals surface area (Å²) in [6, 6.07) is 7.86. The van der Waals surface area contributed by atoms with E-state index in [4.69, 9.17) is 5.73 Å². The molecule has 0 aliphatic rings. The van der Waals surface area contributed by atoms with Crippen molar-refractivity contribution in [1.29, 1.82) is 0 Å². The van der Waals surface area contributed by atoms with Crippen molar-refractivity contribution in [2.24, 2.45) is 15.7 Å². The van der Waals surface area contributed by atoms with E-state index in [2.05, 4.69) is 29.7 Å². The fourth-order valence-electron chi connectivity index (χ4n) is 2.05. The molecule has 3 heteroatoms.